The maximum absolute atomic E-state index is 10.4. The van der Waals surface area contributed by atoms with Gasteiger partial charge < -0.3 is 70.9 Å². The first-order valence-corrected chi connectivity index (χ1v) is 7.84. The Morgan fingerprint density at radius 2 is 0.815 bits per heavy atom. The topological polar surface area (TPSA) is 46.1 Å². The van der Waals surface area contributed by atoms with E-state index in [-0.39, 0.29) is 33.2 Å². The van der Waals surface area contributed by atoms with E-state index in [0.29, 0.717) is 10.0 Å². The molecule has 5 heteroatoms. The van der Waals surface area contributed by atoms with Gasteiger partial charge in [-0.05, 0) is 24.3 Å². The van der Waals surface area contributed by atoms with Gasteiger partial charge >= 0.3 is 21.7 Å². The third-order valence-electron chi connectivity index (χ3n) is 2.33. The van der Waals surface area contributed by atoms with Crippen LogP contribution in [0.5, 0.6) is 11.5 Å². The van der Waals surface area contributed by atoms with Crippen molar-refractivity contribution in [1.29, 1.82) is 0 Å². The number of hydrogen-bond donors (Lipinski definition) is 0. The Kier molecular flexibility index (Phi) is 15.0. The van der Waals surface area contributed by atoms with Crippen molar-refractivity contribution in [2.75, 3.05) is 0 Å². The van der Waals surface area contributed by atoms with Gasteiger partial charge in [-0.2, -0.15) is 0 Å². The minimum atomic E-state index is -0.00519. The molecule has 27 heavy (non-hydrogen) atoms. The van der Waals surface area contributed by atoms with Crippen molar-refractivity contribution in [1.82, 2.24) is 0 Å². The van der Waals surface area contributed by atoms with Crippen LogP contribution >= 0.6 is 23.2 Å². The predicted octanol–water partition coefficient (Wildman–Crippen LogP) is 4.04. The monoisotopic (exact) mass is 424 g/mol. The van der Waals surface area contributed by atoms with Gasteiger partial charge in [-0.3, -0.25) is 0 Å². The van der Waals surface area contributed by atoms with Crippen molar-refractivity contribution in [2.45, 2.75) is 0 Å². The number of rotatable bonds is 0. The van der Waals surface area contributed by atoms with Crippen LogP contribution in [0.1, 0.15) is 0 Å². The zero-order valence-corrected chi connectivity index (χ0v) is 16.9. The van der Waals surface area contributed by atoms with Crippen LogP contribution in [0.25, 0.3) is 0 Å². The summed E-state index contributed by atoms with van der Waals surface area (Å²) >= 11 is 10.9. The molecular weight excluding hydrogens is 415 g/mol. The van der Waals surface area contributed by atoms with Crippen LogP contribution in [-0.2, 0) is 21.7 Å². The Hall–Kier alpha value is -1.97. The Morgan fingerprint density at radius 3 is 0.963 bits per heavy atom. The van der Waals surface area contributed by atoms with E-state index in [1.54, 1.807) is 36.4 Å². The molecule has 0 N–H and O–H groups in total. The summed E-state index contributed by atoms with van der Waals surface area (Å²) in [7, 11) is 0. The fourth-order valence-electron chi connectivity index (χ4n) is 1.23. The van der Waals surface area contributed by atoms with Crippen molar-refractivity contribution in [2.24, 2.45) is 0 Å². The fourth-order valence-corrected chi connectivity index (χ4v) is 1.48. The summed E-state index contributed by atoms with van der Waals surface area (Å²) in [6, 6.07) is 36.0. The first kappa shape index (κ1) is 25.0. The Balaban J connectivity index is 0.000000337. The second-order valence-electron chi connectivity index (χ2n) is 4.27. The van der Waals surface area contributed by atoms with Gasteiger partial charge in [0.1, 0.15) is 0 Å². The van der Waals surface area contributed by atoms with Gasteiger partial charge in [-0.25, -0.2) is 0 Å². The van der Waals surface area contributed by atoms with Crippen molar-refractivity contribution >= 4 is 23.2 Å². The summed E-state index contributed by atoms with van der Waals surface area (Å²) in [5.41, 5.74) is 0. The normalized spacial score (nSPS) is 8.37. The van der Waals surface area contributed by atoms with E-state index in [1.165, 1.54) is 24.3 Å². The van der Waals surface area contributed by atoms with E-state index >= 15 is 0 Å². The molecule has 0 aliphatic carbocycles. The van der Waals surface area contributed by atoms with Crippen molar-refractivity contribution in [3.8, 4) is 11.5 Å². The predicted molar refractivity (Wildman–Crippen MR) is 96.6 cm³/mol. The summed E-state index contributed by atoms with van der Waals surface area (Å²) in [6.07, 6.45) is 0. The van der Waals surface area contributed by atoms with Crippen LogP contribution in [0.15, 0.2) is 60.7 Å². The third-order valence-corrected chi connectivity index (χ3v) is 2.83. The Bertz CT molecular complexity index is 620. The molecule has 0 fully saturated rings. The molecule has 0 aromatic heterocycles. The Morgan fingerprint density at radius 1 is 0.556 bits per heavy atom. The molecule has 0 saturated heterocycles. The van der Waals surface area contributed by atoms with Crippen LogP contribution in [-0.4, -0.2) is 0 Å². The van der Waals surface area contributed by atoms with Crippen molar-refractivity contribution in [3.05, 3.63) is 119 Å². The molecule has 2 nitrogen and oxygen atoms in total. The van der Waals surface area contributed by atoms with Gasteiger partial charge in [0, 0.05) is 10.0 Å². The van der Waals surface area contributed by atoms with Crippen molar-refractivity contribution in [3.63, 3.8) is 0 Å². The molecule has 4 aromatic rings. The van der Waals surface area contributed by atoms with Crippen LogP contribution in [0, 0.1) is 48.5 Å². The Labute approximate surface area is 185 Å². The molecule has 0 aliphatic rings. The average Bonchev–Trinajstić information content (AvgIpc) is 3.39. The summed E-state index contributed by atoms with van der Waals surface area (Å²) in [5, 5.41) is 21.9. The molecular formula is C22H10Cl2O2Ti-8. The van der Waals surface area contributed by atoms with Gasteiger partial charge in [0.25, 0.3) is 0 Å². The van der Waals surface area contributed by atoms with Crippen LogP contribution < -0.4 is 10.2 Å². The zero-order chi connectivity index (χ0) is 19.0. The second kappa shape index (κ2) is 16.2. The largest absolute Gasteiger partial charge is 4.00 e. The van der Waals surface area contributed by atoms with Crippen LogP contribution in [0.2, 0.25) is 10.0 Å². The van der Waals surface area contributed by atoms with Crippen molar-refractivity contribution < 1.29 is 31.9 Å². The van der Waals surface area contributed by atoms with Gasteiger partial charge in [0.2, 0.25) is 0 Å². The molecule has 0 amide bonds. The van der Waals surface area contributed by atoms with E-state index in [9.17, 15) is 10.2 Å². The fraction of sp³-hybridized carbons (Fsp3) is 0. The average molecular weight is 425 g/mol. The molecule has 4 aromatic carbocycles. The first-order chi connectivity index (χ1) is 12.6. The maximum Gasteiger partial charge on any atom is 4.00 e. The number of hydrogen-bond acceptors (Lipinski definition) is 2. The third kappa shape index (κ3) is 14.8. The summed E-state index contributed by atoms with van der Waals surface area (Å²) in [6.45, 7) is 0. The zero-order valence-electron chi connectivity index (χ0n) is 13.8. The summed E-state index contributed by atoms with van der Waals surface area (Å²) in [4.78, 5) is 0. The molecule has 0 aliphatic heterocycles. The SMILES string of the molecule is [O-]c1ccc(Cl)cc1.[O-]c1ccc(Cl)cc1.[Ti+4].[c-]1[c-][c-][cH-][c-]1.[c-]1[c-][c-][cH-][c-]1. The van der Waals surface area contributed by atoms with E-state index < -0.39 is 0 Å². The molecule has 0 spiro atoms. The molecule has 0 bridgehead atoms. The minimum absolute atomic E-state index is 0. The van der Waals surface area contributed by atoms with Gasteiger partial charge in [0.05, 0.1) is 0 Å². The summed E-state index contributed by atoms with van der Waals surface area (Å²) < 4.78 is 0. The van der Waals surface area contributed by atoms with Gasteiger partial charge in [-0.15, -0.1) is 11.5 Å². The van der Waals surface area contributed by atoms with Gasteiger partial charge in [0.15, 0.2) is 0 Å². The molecule has 136 valence electrons. The quantitative estimate of drug-likeness (QED) is 0.316. The van der Waals surface area contributed by atoms with Gasteiger partial charge in [-0.1, -0.05) is 47.5 Å². The van der Waals surface area contributed by atoms with Crippen LogP contribution in [0.3, 0.4) is 0 Å². The number of halogens is 2. The van der Waals surface area contributed by atoms with E-state index in [2.05, 4.69) is 48.5 Å². The molecule has 4 rings (SSSR count). The molecule has 0 atom stereocenters. The minimum Gasteiger partial charge on any atom is -0.999 e. The molecule has 0 heterocycles. The summed E-state index contributed by atoms with van der Waals surface area (Å²) in [5.74, 6) is -0.0104. The second-order valence-corrected chi connectivity index (χ2v) is 5.15. The molecule has 0 saturated carbocycles. The molecule has 0 radical (unpaired) electrons. The number of benzene rings is 2. The van der Waals surface area contributed by atoms with E-state index in [1.807, 2.05) is 0 Å². The first-order valence-electron chi connectivity index (χ1n) is 7.08. The smallest absolute Gasteiger partial charge is 0.999 e. The van der Waals surface area contributed by atoms with Crippen LogP contribution in [0.4, 0.5) is 0 Å². The van der Waals surface area contributed by atoms with E-state index in [0.717, 1.165) is 0 Å². The maximum atomic E-state index is 10.4. The molecule has 0 unspecified atom stereocenters. The standard InChI is InChI=1S/2C6H5ClO.2C5H.Ti/c2*7-5-1-3-6(8)4-2-5;2*1-2-4-5-3-1;/h2*1-4,8H;2*1H;/q;;2*-5;+4/p-2. The van der Waals surface area contributed by atoms with E-state index in [4.69, 9.17) is 23.2 Å².